The monoisotopic (exact) mass is 591 g/mol. The topological polar surface area (TPSA) is 134 Å². The first-order valence-corrected chi connectivity index (χ1v) is 17.2. The number of aliphatic hydroxyl groups excluding tert-OH is 1. The van der Waals surface area contributed by atoms with Crippen molar-refractivity contribution < 1.29 is 29.0 Å². The minimum absolute atomic E-state index is 0.0824. The van der Waals surface area contributed by atoms with E-state index in [1.807, 2.05) is 56.4 Å². The van der Waals surface area contributed by atoms with Gasteiger partial charge in [0, 0.05) is 60.6 Å². The first-order valence-electron chi connectivity index (χ1n) is 14.2. The van der Waals surface area contributed by atoms with Crippen LogP contribution in [0.2, 0.25) is 18.6 Å². The number of hydrogen-bond acceptors (Lipinski definition) is 7. The van der Waals surface area contributed by atoms with Crippen molar-refractivity contribution >= 4 is 31.5 Å². The Hall–Kier alpha value is -3.70. The summed E-state index contributed by atoms with van der Waals surface area (Å²) in [6.07, 6.45) is -0.793. The summed E-state index contributed by atoms with van der Waals surface area (Å²) in [6.45, 7) is 6.05. The molecule has 1 aliphatic heterocycles. The van der Waals surface area contributed by atoms with E-state index in [4.69, 9.17) is 15.2 Å². The van der Waals surface area contributed by atoms with E-state index in [-0.39, 0.29) is 43.4 Å². The molecule has 2 amide bonds. The quantitative estimate of drug-likeness (QED) is 0.189. The first kappa shape index (κ1) is 31.2. The fourth-order valence-corrected chi connectivity index (χ4v) is 7.44. The highest BCUT2D eigenvalue weighted by molar-refractivity contribution is 6.71. The van der Waals surface area contributed by atoms with Crippen LogP contribution >= 0.6 is 0 Å². The van der Waals surface area contributed by atoms with Crippen LogP contribution in [-0.4, -0.2) is 61.3 Å². The number of nitrogens with one attached hydrogen (secondary N) is 1. The van der Waals surface area contributed by atoms with Crippen molar-refractivity contribution in [1.82, 2.24) is 4.90 Å². The van der Waals surface area contributed by atoms with Crippen LogP contribution in [0.3, 0.4) is 0 Å². The number of carbonyl (C=O) groups excluding carboxylic acids is 2. The Morgan fingerprint density at radius 2 is 1.79 bits per heavy atom. The molecule has 1 heterocycles. The number of anilines is 2. The van der Waals surface area contributed by atoms with Crippen molar-refractivity contribution in [3.05, 3.63) is 89.5 Å². The highest BCUT2D eigenvalue weighted by atomic mass is 28.4. The van der Waals surface area contributed by atoms with Crippen LogP contribution in [0.1, 0.15) is 40.9 Å². The molecule has 4 rings (SSSR count). The molecular weight excluding hydrogens is 550 g/mol. The van der Waals surface area contributed by atoms with Crippen LogP contribution in [0.15, 0.2) is 72.8 Å². The van der Waals surface area contributed by atoms with E-state index in [9.17, 15) is 19.5 Å². The van der Waals surface area contributed by atoms with Crippen LogP contribution in [0.5, 0.6) is 5.75 Å². The molecule has 4 atom stereocenters. The molecule has 9 nitrogen and oxygen atoms in total. The minimum atomic E-state index is -2.93. The number of benzene rings is 3. The standard InChI is InChI=1S/C32H41N3O6Si/c1-21-30(40-2)26-18-25(34-32(38)23-10-12-24(33)13-11-23)14-15-27(26)41-31(21)28(42(3,4)39)19-29(37)35(16-17-36)20-22-8-6-5-7-9-22/h5-15,18,21,28,30-31,36,39H,16-17,19-20,33H2,1-4H3,(H,34,38)/t21-,28?,30-,31-/m1/s1. The van der Waals surface area contributed by atoms with Gasteiger partial charge in [0.1, 0.15) is 11.9 Å². The lowest BCUT2D eigenvalue weighted by Gasteiger charge is -2.44. The summed E-state index contributed by atoms with van der Waals surface area (Å²) < 4.78 is 12.5. The van der Waals surface area contributed by atoms with Crippen LogP contribution in [0.4, 0.5) is 11.4 Å². The molecule has 0 radical (unpaired) electrons. The summed E-state index contributed by atoms with van der Waals surface area (Å²) in [5, 5.41) is 12.6. The molecule has 0 saturated heterocycles. The normalized spacial score (nSPS) is 18.9. The second kappa shape index (κ2) is 13.5. The second-order valence-electron chi connectivity index (χ2n) is 11.4. The van der Waals surface area contributed by atoms with Gasteiger partial charge in [-0.15, -0.1) is 0 Å². The van der Waals surface area contributed by atoms with Crippen molar-refractivity contribution in [3.63, 3.8) is 0 Å². The maximum atomic E-state index is 13.6. The van der Waals surface area contributed by atoms with Crippen LogP contribution in [0, 0.1) is 5.92 Å². The molecule has 0 saturated carbocycles. The molecule has 1 aliphatic rings. The van der Waals surface area contributed by atoms with Gasteiger partial charge < -0.3 is 35.3 Å². The van der Waals surface area contributed by atoms with E-state index in [0.717, 1.165) is 11.1 Å². The number of carbonyl (C=O) groups is 2. The summed E-state index contributed by atoms with van der Waals surface area (Å²) in [5.74, 6) is -0.0322. The number of aliphatic hydroxyl groups is 1. The van der Waals surface area contributed by atoms with Crippen molar-refractivity contribution in [2.24, 2.45) is 5.92 Å². The molecule has 224 valence electrons. The summed E-state index contributed by atoms with van der Waals surface area (Å²) in [5.41, 5.74) is 8.71. The van der Waals surface area contributed by atoms with Gasteiger partial charge in [-0.05, 0) is 61.1 Å². The van der Waals surface area contributed by atoms with E-state index in [1.165, 1.54) is 0 Å². The Kier molecular flexibility index (Phi) is 10.1. The summed E-state index contributed by atoms with van der Waals surface area (Å²) in [6, 6.07) is 21.7. The number of nitrogens with zero attached hydrogens (tertiary/aromatic N) is 1. The molecule has 0 bridgehead atoms. The maximum absolute atomic E-state index is 13.6. The number of amides is 2. The molecule has 0 spiro atoms. The molecule has 0 aromatic heterocycles. The molecule has 42 heavy (non-hydrogen) atoms. The number of hydrogen-bond donors (Lipinski definition) is 4. The van der Waals surface area contributed by atoms with Crippen LogP contribution < -0.4 is 15.8 Å². The molecule has 0 fully saturated rings. The predicted octanol–water partition coefficient (Wildman–Crippen LogP) is 4.58. The van der Waals surface area contributed by atoms with Crippen LogP contribution in [0.25, 0.3) is 0 Å². The van der Waals surface area contributed by atoms with E-state index in [1.54, 1.807) is 48.4 Å². The Bertz CT molecular complexity index is 1360. The Morgan fingerprint density at radius 1 is 1.10 bits per heavy atom. The van der Waals surface area contributed by atoms with Crippen LogP contribution in [-0.2, 0) is 16.1 Å². The number of methoxy groups -OCH3 is 1. The number of fused-ring (bicyclic) bond motifs is 1. The molecular formula is C32H41N3O6Si. The first-order chi connectivity index (χ1) is 20.0. The van der Waals surface area contributed by atoms with Gasteiger partial charge in [0.25, 0.3) is 5.91 Å². The largest absolute Gasteiger partial charge is 0.490 e. The Labute approximate surface area is 248 Å². The van der Waals surface area contributed by atoms with Gasteiger partial charge >= 0.3 is 0 Å². The average Bonchev–Trinajstić information content (AvgIpc) is 2.96. The average molecular weight is 592 g/mol. The zero-order chi connectivity index (χ0) is 30.4. The molecule has 3 aromatic carbocycles. The third-order valence-electron chi connectivity index (χ3n) is 7.90. The molecule has 3 aromatic rings. The van der Waals surface area contributed by atoms with E-state index in [0.29, 0.717) is 29.2 Å². The predicted molar refractivity (Wildman–Crippen MR) is 166 cm³/mol. The SMILES string of the molecule is CO[C@H]1c2cc(NC(=O)c3ccc(N)cc3)ccc2O[C@@H](C(CC(=O)N(CCO)Cc2ccccc2)[Si](C)(C)O)[C@@H]1C. The minimum Gasteiger partial charge on any atom is -0.490 e. The number of ether oxygens (including phenoxy) is 2. The fraction of sp³-hybridized carbons (Fsp3) is 0.375. The zero-order valence-electron chi connectivity index (χ0n) is 24.6. The molecule has 5 N–H and O–H groups in total. The van der Waals surface area contributed by atoms with E-state index in [2.05, 4.69) is 5.32 Å². The van der Waals surface area contributed by atoms with Crippen molar-refractivity contribution in [3.8, 4) is 5.75 Å². The smallest absolute Gasteiger partial charge is 0.255 e. The third-order valence-corrected chi connectivity index (χ3v) is 10.2. The Balaban J connectivity index is 1.56. The lowest BCUT2D eigenvalue weighted by atomic mass is 9.86. The Morgan fingerprint density at radius 3 is 2.40 bits per heavy atom. The summed E-state index contributed by atoms with van der Waals surface area (Å²) in [4.78, 5) is 39.5. The molecule has 10 heteroatoms. The van der Waals surface area contributed by atoms with Gasteiger partial charge in [-0.25, -0.2) is 0 Å². The highest BCUT2D eigenvalue weighted by Gasteiger charge is 2.47. The van der Waals surface area contributed by atoms with Crippen molar-refractivity contribution in [1.29, 1.82) is 0 Å². The summed E-state index contributed by atoms with van der Waals surface area (Å²) >= 11 is 0. The number of nitrogens with two attached hydrogens (primary N) is 1. The lowest BCUT2D eigenvalue weighted by molar-refractivity contribution is -0.133. The zero-order valence-corrected chi connectivity index (χ0v) is 25.6. The highest BCUT2D eigenvalue weighted by Crippen LogP contribution is 2.47. The second-order valence-corrected chi connectivity index (χ2v) is 15.5. The number of nitrogen functional groups attached to an aromatic ring is 1. The molecule has 0 aliphatic carbocycles. The maximum Gasteiger partial charge on any atom is 0.255 e. The lowest BCUT2D eigenvalue weighted by Crippen LogP contribution is -2.50. The molecule has 1 unspecified atom stereocenters. The fourth-order valence-electron chi connectivity index (χ4n) is 5.59. The van der Waals surface area contributed by atoms with Gasteiger partial charge in [0.15, 0.2) is 8.32 Å². The van der Waals surface area contributed by atoms with E-state index >= 15 is 0 Å². The number of rotatable bonds is 11. The summed E-state index contributed by atoms with van der Waals surface area (Å²) in [7, 11) is -1.31. The third kappa shape index (κ3) is 7.38. The van der Waals surface area contributed by atoms with Crippen molar-refractivity contribution in [2.75, 3.05) is 31.3 Å². The van der Waals surface area contributed by atoms with Gasteiger partial charge in [0.05, 0.1) is 12.7 Å². The van der Waals surface area contributed by atoms with Gasteiger partial charge in [-0.2, -0.15) is 0 Å². The van der Waals surface area contributed by atoms with E-state index < -0.39 is 20.0 Å². The van der Waals surface area contributed by atoms with Gasteiger partial charge in [-0.1, -0.05) is 37.3 Å². The van der Waals surface area contributed by atoms with Gasteiger partial charge in [0.2, 0.25) is 5.91 Å². The van der Waals surface area contributed by atoms with Crippen molar-refractivity contribution in [2.45, 2.75) is 50.7 Å². The van der Waals surface area contributed by atoms with Gasteiger partial charge in [-0.3, -0.25) is 9.59 Å².